The lowest BCUT2D eigenvalue weighted by molar-refractivity contribution is -0.136. The molecule has 2 fully saturated rings. The fourth-order valence-electron chi connectivity index (χ4n) is 3.99. The molecule has 2 saturated heterocycles. The van der Waals surface area contributed by atoms with Gasteiger partial charge >= 0.3 is 6.01 Å². The van der Waals surface area contributed by atoms with E-state index >= 15 is 0 Å². The summed E-state index contributed by atoms with van der Waals surface area (Å²) in [7, 11) is 1.56. The van der Waals surface area contributed by atoms with Gasteiger partial charge in [0.2, 0.25) is 5.91 Å². The highest BCUT2D eigenvalue weighted by Crippen LogP contribution is 2.41. The second-order valence-corrected chi connectivity index (χ2v) is 7.12. The van der Waals surface area contributed by atoms with Crippen molar-refractivity contribution in [3.63, 3.8) is 0 Å². The maximum Gasteiger partial charge on any atom is 0.316 e. The molecule has 2 aromatic heterocycles. The first kappa shape index (κ1) is 16.9. The van der Waals surface area contributed by atoms with Gasteiger partial charge in [-0.15, -0.1) is 0 Å². The number of hydrogen-bond donors (Lipinski definition) is 0. The third kappa shape index (κ3) is 3.26. The van der Waals surface area contributed by atoms with Gasteiger partial charge in [0.15, 0.2) is 0 Å². The summed E-state index contributed by atoms with van der Waals surface area (Å²) in [4.78, 5) is 30.0. The van der Waals surface area contributed by atoms with E-state index in [1.807, 2.05) is 23.1 Å². The standard InChI is InChI=1S/C19H23N5O2/c1-26-18-21-10-15(11-22-18)12-23-8-5-19(14-23)6-9-24(17(19)25)13-16-4-2-3-7-20-16/h2-4,7,10-11H,5-6,8-9,12-14H2,1H3. The van der Waals surface area contributed by atoms with Gasteiger partial charge in [0, 0.05) is 43.8 Å². The fraction of sp³-hybridized carbons (Fsp3) is 0.474. The summed E-state index contributed by atoms with van der Waals surface area (Å²) in [5.74, 6) is 0.275. The van der Waals surface area contributed by atoms with Gasteiger partial charge in [0.1, 0.15) is 0 Å². The molecule has 0 N–H and O–H groups in total. The monoisotopic (exact) mass is 353 g/mol. The minimum Gasteiger partial charge on any atom is -0.467 e. The van der Waals surface area contributed by atoms with E-state index in [1.165, 1.54) is 0 Å². The van der Waals surface area contributed by atoms with E-state index in [1.54, 1.807) is 25.7 Å². The number of ether oxygens (including phenoxy) is 1. The predicted octanol–water partition coefficient (Wildman–Crippen LogP) is 1.50. The molecule has 0 bridgehead atoms. The Morgan fingerprint density at radius 2 is 1.92 bits per heavy atom. The Bertz CT molecular complexity index is 767. The predicted molar refractivity (Wildman–Crippen MR) is 95.2 cm³/mol. The van der Waals surface area contributed by atoms with Crippen molar-refractivity contribution < 1.29 is 9.53 Å². The number of hydrogen-bond acceptors (Lipinski definition) is 6. The molecular formula is C19H23N5O2. The minimum atomic E-state index is -0.234. The van der Waals surface area contributed by atoms with Crippen molar-refractivity contribution in [1.82, 2.24) is 24.8 Å². The summed E-state index contributed by atoms with van der Waals surface area (Å²) in [6.45, 7) is 3.91. The van der Waals surface area contributed by atoms with E-state index in [2.05, 4.69) is 19.9 Å². The lowest BCUT2D eigenvalue weighted by atomic mass is 9.85. The van der Waals surface area contributed by atoms with Crippen LogP contribution in [-0.4, -0.2) is 57.4 Å². The summed E-state index contributed by atoms with van der Waals surface area (Å²) in [5, 5.41) is 0. The molecule has 26 heavy (non-hydrogen) atoms. The van der Waals surface area contributed by atoms with E-state index < -0.39 is 0 Å². The Balaban J connectivity index is 1.38. The number of nitrogens with zero attached hydrogens (tertiary/aromatic N) is 5. The first-order valence-corrected chi connectivity index (χ1v) is 8.95. The highest BCUT2D eigenvalue weighted by Gasteiger charge is 2.50. The highest BCUT2D eigenvalue weighted by atomic mass is 16.5. The summed E-state index contributed by atoms with van der Waals surface area (Å²) in [6, 6.07) is 6.22. The lowest BCUT2D eigenvalue weighted by Gasteiger charge is -2.23. The fourth-order valence-corrected chi connectivity index (χ4v) is 3.99. The Morgan fingerprint density at radius 3 is 2.65 bits per heavy atom. The van der Waals surface area contributed by atoms with E-state index in [-0.39, 0.29) is 11.3 Å². The van der Waals surface area contributed by atoms with Crippen molar-refractivity contribution in [2.24, 2.45) is 5.41 Å². The van der Waals surface area contributed by atoms with Crippen molar-refractivity contribution in [2.75, 3.05) is 26.7 Å². The van der Waals surface area contributed by atoms with E-state index in [9.17, 15) is 4.79 Å². The Morgan fingerprint density at radius 1 is 1.12 bits per heavy atom. The molecule has 2 aliphatic heterocycles. The van der Waals surface area contributed by atoms with Crippen molar-refractivity contribution in [1.29, 1.82) is 0 Å². The molecule has 0 aromatic carbocycles. The van der Waals surface area contributed by atoms with Crippen LogP contribution in [0.25, 0.3) is 0 Å². The van der Waals surface area contributed by atoms with Gasteiger partial charge < -0.3 is 9.64 Å². The van der Waals surface area contributed by atoms with Gasteiger partial charge in [0.05, 0.1) is 24.8 Å². The van der Waals surface area contributed by atoms with Crippen LogP contribution in [0.4, 0.5) is 0 Å². The van der Waals surface area contributed by atoms with Gasteiger partial charge in [-0.1, -0.05) is 6.07 Å². The van der Waals surface area contributed by atoms with Crippen LogP contribution in [0.1, 0.15) is 24.1 Å². The smallest absolute Gasteiger partial charge is 0.316 e. The minimum absolute atomic E-state index is 0.234. The van der Waals surface area contributed by atoms with Crippen LogP contribution in [0.3, 0.4) is 0 Å². The number of rotatable bonds is 5. The average Bonchev–Trinajstić information content (AvgIpc) is 3.22. The van der Waals surface area contributed by atoms with Gasteiger partial charge in [-0.2, -0.15) is 0 Å². The molecule has 2 aromatic rings. The third-order valence-corrected chi connectivity index (χ3v) is 5.38. The summed E-state index contributed by atoms with van der Waals surface area (Å²) < 4.78 is 5.00. The molecule has 1 atom stereocenters. The van der Waals surface area contributed by atoms with E-state index in [0.29, 0.717) is 12.6 Å². The zero-order valence-electron chi connectivity index (χ0n) is 15.0. The van der Waals surface area contributed by atoms with Gasteiger partial charge in [-0.25, -0.2) is 9.97 Å². The maximum absolute atomic E-state index is 13.0. The van der Waals surface area contributed by atoms with Crippen molar-refractivity contribution in [3.05, 3.63) is 48.0 Å². The Hall–Kier alpha value is -2.54. The molecule has 7 heteroatoms. The summed E-state index contributed by atoms with van der Waals surface area (Å²) >= 11 is 0. The van der Waals surface area contributed by atoms with Crippen molar-refractivity contribution in [2.45, 2.75) is 25.9 Å². The van der Waals surface area contributed by atoms with Crippen LogP contribution >= 0.6 is 0 Å². The normalized spacial score (nSPS) is 23.1. The molecule has 0 radical (unpaired) electrons. The number of carbonyl (C=O) groups excluding carboxylic acids is 1. The van der Waals surface area contributed by atoms with Crippen LogP contribution in [0, 0.1) is 5.41 Å². The SMILES string of the molecule is COc1ncc(CN2CCC3(CCN(Cc4ccccn4)C3=O)C2)cn1. The Labute approximate surface area is 153 Å². The summed E-state index contributed by atoms with van der Waals surface area (Å²) in [5.41, 5.74) is 1.75. The highest BCUT2D eigenvalue weighted by molar-refractivity contribution is 5.85. The van der Waals surface area contributed by atoms with Crippen LogP contribution < -0.4 is 4.74 Å². The van der Waals surface area contributed by atoms with Crippen LogP contribution in [0.5, 0.6) is 6.01 Å². The van der Waals surface area contributed by atoms with Gasteiger partial charge in [-0.05, 0) is 31.5 Å². The zero-order chi connectivity index (χ0) is 18.0. The third-order valence-electron chi connectivity index (χ3n) is 5.38. The topological polar surface area (TPSA) is 71.5 Å². The quantitative estimate of drug-likeness (QED) is 0.811. The van der Waals surface area contributed by atoms with Gasteiger partial charge in [0.25, 0.3) is 0 Å². The van der Waals surface area contributed by atoms with Crippen LogP contribution in [-0.2, 0) is 17.9 Å². The first-order valence-electron chi connectivity index (χ1n) is 8.95. The van der Waals surface area contributed by atoms with Gasteiger partial charge in [-0.3, -0.25) is 14.7 Å². The molecule has 1 unspecified atom stereocenters. The zero-order valence-corrected chi connectivity index (χ0v) is 15.0. The van der Waals surface area contributed by atoms with Crippen molar-refractivity contribution in [3.8, 4) is 6.01 Å². The average molecular weight is 353 g/mol. The van der Waals surface area contributed by atoms with Crippen LogP contribution in [0.15, 0.2) is 36.8 Å². The second-order valence-electron chi connectivity index (χ2n) is 7.12. The van der Waals surface area contributed by atoms with Crippen molar-refractivity contribution >= 4 is 5.91 Å². The largest absolute Gasteiger partial charge is 0.467 e. The molecular weight excluding hydrogens is 330 g/mol. The molecule has 2 aliphatic rings. The first-order chi connectivity index (χ1) is 12.7. The van der Waals surface area contributed by atoms with E-state index in [4.69, 9.17) is 4.74 Å². The second kappa shape index (κ2) is 6.99. The molecule has 7 nitrogen and oxygen atoms in total. The number of carbonyl (C=O) groups is 1. The molecule has 0 saturated carbocycles. The number of amides is 1. The molecule has 1 spiro atoms. The summed E-state index contributed by atoms with van der Waals surface area (Å²) in [6.07, 6.45) is 7.21. The number of aromatic nitrogens is 3. The molecule has 1 amide bonds. The Kier molecular flexibility index (Phi) is 4.55. The number of likely N-dealkylation sites (tertiary alicyclic amines) is 2. The lowest BCUT2D eigenvalue weighted by Crippen LogP contribution is -2.36. The molecule has 0 aliphatic carbocycles. The maximum atomic E-state index is 13.0. The molecule has 136 valence electrons. The number of methoxy groups -OCH3 is 1. The molecule has 4 heterocycles. The van der Waals surface area contributed by atoms with Crippen LogP contribution in [0.2, 0.25) is 0 Å². The van der Waals surface area contributed by atoms with E-state index in [0.717, 1.165) is 50.3 Å². The number of pyridine rings is 1. The molecule has 4 rings (SSSR count).